The fourth-order valence-electron chi connectivity index (χ4n) is 2.63. The van der Waals surface area contributed by atoms with Crippen molar-refractivity contribution in [2.75, 3.05) is 44.6 Å². The molecule has 0 unspecified atom stereocenters. The molecule has 0 aliphatic heterocycles. The average molecular weight is 420 g/mol. The van der Waals surface area contributed by atoms with E-state index in [-0.39, 0.29) is 17.3 Å². The normalized spacial score (nSPS) is 11.3. The summed E-state index contributed by atoms with van der Waals surface area (Å²) in [5.41, 5.74) is 1.44. The second kappa shape index (κ2) is 10.3. The highest BCUT2D eigenvalue weighted by Gasteiger charge is 2.27. The van der Waals surface area contributed by atoms with Crippen LogP contribution in [0.2, 0.25) is 0 Å². The lowest BCUT2D eigenvalue weighted by atomic mass is 10.2. The maximum Gasteiger partial charge on any atom is 0.264 e. The molecule has 29 heavy (non-hydrogen) atoms. The van der Waals surface area contributed by atoms with Crippen LogP contribution in [0.15, 0.2) is 53.4 Å². The Bertz CT molecular complexity index is 895. The second-order valence-corrected chi connectivity index (χ2v) is 8.77. The van der Waals surface area contributed by atoms with Gasteiger partial charge in [0.25, 0.3) is 10.0 Å². The first-order valence-electron chi connectivity index (χ1n) is 9.47. The number of sulfonamides is 1. The van der Waals surface area contributed by atoms with Crippen molar-refractivity contribution in [1.29, 1.82) is 0 Å². The quantitative estimate of drug-likeness (QED) is 0.639. The molecule has 7 nitrogen and oxygen atoms in total. The van der Waals surface area contributed by atoms with Crippen LogP contribution >= 0.6 is 0 Å². The van der Waals surface area contributed by atoms with E-state index in [1.54, 1.807) is 24.3 Å². The highest BCUT2D eigenvalue weighted by Crippen LogP contribution is 2.25. The molecule has 0 heterocycles. The average Bonchev–Trinajstić information content (AvgIpc) is 2.67. The molecule has 2 aromatic rings. The van der Waals surface area contributed by atoms with E-state index in [1.807, 2.05) is 45.0 Å². The Kier molecular flexibility index (Phi) is 8.04. The van der Waals surface area contributed by atoms with Crippen molar-refractivity contribution in [2.24, 2.45) is 0 Å². The van der Waals surface area contributed by atoms with E-state index in [9.17, 15) is 13.2 Å². The Morgan fingerprint density at radius 3 is 2.21 bits per heavy atom. The Hall–Kier alpha value is -2.58. The molecule has 0 aromatic heterocycles. The van der Waals surface area contributed by atoms with Gasteiger partial charge in [0.15, 0.2) is 0 Å². The first-order valence-corrected chi connectivity index (χ1v) is 10.9. The van der Waals surface area contributed by atoms with Crippen molar-refractivity contribution in [3.05, 3.63) is 54.1 Å². The molecule has 1 amide bonds. The Morgan fingerprint density at radius 1 is 1.03 bits per heavy atom. The number of benzene rings is 2. The van der Waals surface area contributed by atoms with Gasteiger partial charge in [-0.25, -0.2) is 8.42 Å². The van der Waals surface area contributed by atoms with Crippen molar-refractivity contribution < 1.29 is 17.9 Å². The summed E-state index contributed by atoms with van der Waals surface area (Å²) in [6.07, 6.45) is 0. The van der Waals surface area contributed by atoms with Crippen LogP contribution in [0.5, 0.6) is 5.75 Å². The first kappa shape index (κ1) is 22.7. The highest BCUT2D eigenvalue weighted by molar-refractivity contribution is 7.92. The monoisotopic (exact) mass is 419 g/mol. The van der Waals surface area contributed by atoms with Crippen LogP contribution in [0, 0.1) is 6.92 Å². The molecule has 0 bridgehead atoms. The van der Waals surface area contributed by atoms with Gasteiger partial charge < -0.3 is 15.0 Å². The van der Waals surface area contributed by atoms with Crippen molar-refractivity contribution in [1.82, 2.24) is 10.2 Å². The fraction of sp³-hybridized carbons (Fsp3) is 0.381. The number of hydrogen-bond acceptors (Lipinski definition) is 5. The molecular weight excluding hydrogens is 390 g/mol. The first-order chi connectivity index (χ1) is 13.7. The van der Waals surface area contributed by atoms with Crippen molar-refractivity contribution in [3.63, 3.8) is 0 Å². The minimum Gasteiger partial charge on any atom is -0.494 e. The van der Waals surface area contributed by atoms with Crippen molar-refractivity contribution in [3.8, 4) is 5.75 Å². The third-order valence-electron chi connectivity index (χ3n) is 4.21. The van der Waals surface area contributed by atoms with E-state index in [2.05, 4.69) is 5.32 Å². The molecular formula is C21H29N3O4S. The Balaban J connectivity index is 2.30. The van der Waals surface area contributed by atoms with Gasteiger partial charge >= 0.3 is 0 Å². The van der Waals surface area contributed by atoms with Crippen molar-refractivity contribution >= 4 is 21.6 Å². The van der Waals surface area contributed by atoms with E-state index in [1.165, 1.54) is 12.1 Å². The number of amides is 1. The summed E-state index contributed by atoms with van der Waals surface area (Å²) >= 11 is 0. The lowest BCUT2D eigenvalue weighted by Gasteiger charge is -2.24. The van der Waals surface area contributed by atoms with E-state index < -0.39 is 10.0 Å². The zero-order valence-corrected chi connectivity index (χ0v) is 18.2. The molecule has 0 radical (unpaired) electrons. The van der Waals surface area contributed by atoms with Gasteiger partial charge in [-0.2, -0.15) is 0 Å². The zero-order valence-electron chi connectivity index (χ0n) is 17.4. The van der Waals surface area contributed by atoms with Gasteiger partial charge in [-0.3, -0.25) is 9.10 Å². The molecule has 0 saturated heterocycles. The number of likely N-dealkylation sites (N-methyl/N-ethyl adjacent to an activating group) is 1. The maximum atomic E-state index is 13.3. The molecule has 0 atom stereocenters. The SMILES string of the molecule is CCOc1ccc(S(=O)(=O)N(CC(=O)NCCN(C)C)c2ccc(C)cc2)cc1. The molecule has 0 spiro atoms. The smallest absolute Gasteiger partial charge is 0.264 e. The van der Waals surface area contributed by atoms with Crippen LogP contribution in [0.3, 0.4) is 0 Å². The minimum atomic E-state index is -3.93. The molecule has 0 saturated carbocycles. The van der Waals surface area contributed by atoms with Gasteiger partial charge in [0.1, 0.15) is 12.3 Å². The standard InChI is InChI=1S/C21H29N3O4S/c1-5-28-19-10-12-20(13-11-19)29(26,27)24(18-8-6-17(2)7-9-18)16-21(25)22-14-15-23(3)4/h6-13H,5,14-16H2,1-4H3,(H,22,25). The topological polar surface area (TPSA) is 79.0 Å². The second-order valence-electron chi connectivity index (χ2n) is 6.90. The molecule has 2 rings (SSSR count). The largest absolute Gasteiger partial charge is 0.494 e. The predicted octanol–water partition coefficient (Wildman–Crippen LogP) is 2.27. The summed E-state index contributed by atoms with van der Waals surface area (Å²) in [7, 11) is -0.121. The Morgan fingerprint density at radius 2 is 1.66 bits per heavy atom. The highest BCUT2D eigenvalue weighted by atomic mass is 32.2. The van der Waals surface area contributed by atoms with Crippen LogP contribution in [-0.4, -0.2) is 59.6 Å². The van der Waals surface area contributed by atoms with Crippen LogP contribution in [-0.2, 0) is 14.8 Å². The third kappa shape index (κ3) is 6.47. The molecule has 0 aliphatic carbocycles. The molecule has 2 aromatic carbocycles. The number of nitrogens with zero attached hydrogens (tertiary/aromatic N) is 2. The molecule has 8 heteroatoms. The number of aryl methyl sites for hydroxylation is 1. The van der Waals surface area contributed by atoms with Crippen LogP contribution in [0.25, 0.3) is 0 Å². The van der Waals surface area contributed by atoms with E-state index in [0.717, 1.165) is 9.87 Å². The molecule has 158 valence electrons. The third-order valence-corrected chi connectivity index (χ3v) is 6.00. The summed E-state index contributed by atoms with van der Waals surface area (Å²) in [4.78, 5) is 14.5. The van der Waals surface area contributed by atoms with Gasteiger partial charge in [0, 0.05) is 13.1 Å². The predicted molar refractivity (Wildman–Crippen MR) is 115 cm³/mol. The van der Waals surface area contributed by atoms with Crippen LogP contribution in [0.1, 0.15) is 12.5 Å². The Labute approximate surface area is 173 Å². The van der Waals surface area contributed by atoms with Crippen LogP contribution in [0.4, 0.5) is 5.69 Å². The molecule has 0 fully saturated rings. The van der Waals surface area contributed by atoms with Gasteiger partial charge in [0.05, 0.1) is 17.2 Å². The number of hydrogen-bond donors (Lipinski definition) is 1. The van der Waals surface area contributed by atoms with E-state index in [4.69, 9.17) is 4.74 Å². The van der Waals surface area contributed by atoms with Crippen molar-refractivity contribution in [2.45, 2.75) is 18.7 Å². The van der Waals surface area contributed by atoms with Gasteiger partial charge in [-0.05, 0) is 64.3 Å². The zero-order chi connectivity index (χ0) is 21.4. The van der Waals surface area contributed by atoms with E-state index >= 15 is 0 Å². The van der Waals surface area contributed by atoms with E-state index in [0.29, 0.717) is 31.1 Å². The summed E-state index contributed by atoms with van der Waals surface area (Å²) in [5.74, 6) is 0.233. The lowest BCUT2D eigenvalue weighted by Crippen LogP contribution is -2.42. The summed E-state index contributed by atoms with van der Waals surface area (Å²) in [5, 5.41) is 2.77. The van der Waals surface area contributed by atoms with Crippen LogP contribution < -0.4 is 14.4 Å². The fourth-order valence-corrected chi connectivity index (χ4v) is 4.05. The molecule has 0 aliphatic rings. The number of carbonyl (C=O) groups excluding carboxylic acids is 1. The minimum absolute atomic E-state index is 0.0996. The number of ether oxygens (including phenoxy) is 1. The number of anilines is 1. The summed E-state index contributed by atoms with van der Waals surface area (Å²) in [6, 6.07) is 13.3. The number of rotatable bonds is 10. The maximum absolute atomic E-state index is 13.3. The molecule has 1 N–H and O–H groups in total. The number of nitrogens with one attached hydrogen (secondary N) is 1. The van der Waals surface area contributed by atoms with Gasteiger partial charge in [-0.1, -0.05) is 17.7 Å². The van der Waals surface area contributed by atoms with Gasteiger partial charge in [-0.15, -0.1) is 0 Å². The lowest BCUT2D eigenvalue weighted by molar-refractivity contribution is -0.119. The summed E-state index contributed by atoms with van der Waals surface area (Å²) < 4.78 is 33.1. The summed E-state index contributed by atoms with van der Waals surface area (Å²) in [6.45, 7) is 5.08. The number of carbonyl (C=O) groups is 1. The van der Waals surface area contributed by atoms with Gasteiger partial charge in [0.2, 0.25) is 5.91 Å².